The van der Waals surface area contributed by atoms with Crippen LogP contribution in [0, 0.1) is 0 Å². The summed E-state index contributed by atoms with van der Waals surface area (Å²) < 4.78 is 4.89. The van der Waals surface area contributed by atoms with Gasteiger partial charge in [-0.15, -0.1) is 6.58 Å². The molecule has 0 fully saturated rings. The maximum Gasteiger partial charge on any atom is 0.331 e. The zero-order valence-electron chi connectivity index (χ0n) is 9.48. The van der Waals surface area contributed by atoms with Crippen LogP contribution in [0.15, 0.2) is 49.1 Å². The Morgan fingerprint density at radius 1 is 1.38 bits per heavy atom. The van der Waals surface area contributed by atoms with Crippen molar-refractivity contribution in [1.29, 1.82) is 0 Å². The van der Waals surface area contributed by atoms with E-state index in [1.165, 1.54) is 6.08 Å². The van der Waals surface area contributed by atoms with Crippen molar-refractivity contribution in [2.45, 2.75) is 13.3 Å². The van der Waals surface area contributed by atoms with Gasteiger partial charge < -0.3 is 4.74 Å². The van der Waals surface area contributed by atoms with E-state index in [2.05, 4.69) is 6.58 Å². The predicted molar refractivity (Wildman–Crippen MR) is 65.9 cm³/mol. The normalized spacial score (nSPS) is 10.9. The van der Waals surface area contributed by atoms with Gasteiger partial charge in [0.15, 0.2) is 0 Å². The molecule has 2 nitrogen and oxygen atoms in total. The highest BCUT2D eigenvalue weighted by Gasteiger charge is 2.03. The van der Waals surface area contributed by atoms with Crippen LogP contribution in [0.4, 0.5) is 0 Å². The first kappa shape index (κ1) is 12.2. The van der Waals surface area contributed by atoms with Crippen molar-refractivity contribution >= 4 is 11.5 Å². The summed E-state index contributed by atoms with van der Waals surface area (Å²) in [4.78, 5) is 11.4. The molecule has 0 aliphatic carbocycles. The number of hydrogen-bond acceptors (Lipinski definition) is 2. The van der Waals surface area contributed by atoms with Crippen molar-refractivity contribution in [3.05, 3.63) is 54.6 Å². The zero-order valence-corrected chi connectivity index (χ0v) is 9.48. The van der Waals surface area contributed by atoms with Crippen molar-refractivity contribution in [3.63, 3.8) is 0 Å². The minimum atomic E-state index is -0.303. The van der Waals surface area contributed by atoms with Crippen LogP contribution in [0.5, 0.6) is 0 Å². The minimum Gasteiger partial charge on any atom is -0.463 e. The fourth-order valence-electron chi connectivity index (χ4n) is 1.39. The van der Waals surface area contributed by atoms with Crippen LogP contribution in [-0.2, 0) is 9.53 Å². The van der Waals surface area contributed by atoms with Gasteiger partial charge in [0, 0.05) is 6.08 Å². The molecule has 0 N–H and O–H groups in total. The third kappa shape index (κ3) is 3.73. The Hall–Kier alpha value is -1.83. The second kappa shape index (κ2) is 6.62. The molecule has 0 aliphatic rings. The number of allylic oxidation sites excluding steroid dienone is 2. The first-order chi connectivity index (χ1) is 7.77. The maximum absolute atomic E-state index is 11.4. The average Bonchev–Trinajstić information content (AvgIpc) is 2.30. The maximum atomic E-state index is 11.4. The standard InChI is InChI=1S/C14H16O2/c1-3-8-13(11-14(15)16-4-2)12-9-6-5-7-10-12/h3,5-7,9-11H,1,4,8H2,2H3. The molecule has 1 aromatic rings. The highest BCUT2D eigenvalue weighted by Crippen LogP contribution is 2.18. The van der Waals surface area contributed by atoms with Gasteiger partial charge in [0.05, 0.1) is 6.61 Å². The fraction of sp³-hybridized carbons (Fsp3) is 0.214. The lowest BCUT2D eigenvalue weighted by Crippen LogP contribution is -2.00. The van der Waals surface area contributed by atoms with E-state index in [1.54, 1.807) is 13.0 Å². The first-order valence-corrected chi connectivity index (χ1v) is 5.31. The highest BCUT2D eigenvalue weighted by molar-refractivity contribution is 5.91. The van der Waals surface area contributed by atoms with Crippen LogP contribution in [-0.4, -0.2) is 12.6 Å². The molecule has 0 bridgehead atoms. The van der Waals surface area contributed by atoms with E-state index in [4.69, 9.17) is 4.74 Å². The van der Waals surface area contributed by atoms with Gasteiger partial charge in [-0.1, -0.05) is 36.4 Å². The Balaban J connectivity index is 2.91. The van der Waals surface area contributed by atoms with E-state index in [1.807, 2.05) is 30.3 Å². The summed E-state index contributed by atoms with van der Waals surface area (Å²) >= 11 is 0. The largest absolute Gasteiger partial charge is 0.463 e. The van der Waals surface area contributed by atoms with Crippen molar-refractivity contribution < 1.29 is 9.53 Å². The summed E-state index contributed by atoms with van der Waals surface area (Å²) in [6.07, 6.45) is 3.96. The molecule has 1 rings (SSSR count). The van der Waals surface area contributed by atoms with Gasteiger partial charge >= 0.3 is 5.97 Å². The molecular formula is C14H16O2. The lowest BCUT2D eigenvalue weighted by Gasteiger charge is -2.05. The lowest BCUT2D eigenvalue weighted by molar-refractivity contribution is -0.137. The van der Waals surface area contributed by atoms with Crippen LogP contribution in [0.1, 0.15) is 18.9 Å². The second-order valence-electron chi connectivity index (χ2n) is 3.28. The third-order valence-corrected chi connectivity index (χ3v) is 2.09. The molecule has 84 valence electrons. The quantitative estimate of drug-likeness (QED) is 0.429. The molecule has 1 aromatic carbocycles. The molecule has 0 atom stereocenters. The lowest BCUT2D eigenvalue weighted by atomic mass is 10.0. The molecule has 0 aromatic heterocycles. The van der Waals surface area contributed by atoms with E-state index >= 15 is 0 Å². The van der Waals surface area contributed by atoms with Crippen molar-refractivity contribution in [3.8, 4) is 0 Å². The van der Waals surface area contributed by atoms with E-state index in [9.17, 15) is 4.79 Å². The Morgan fingerprint density at radius 3 is 2.62 bits per heavy atom. The summed E-state index contributed by atoms with van der Waals surface area (Å²) in [5.41, 5.74) is 1.95. The van der Waals surface area contributed by atoms with Crippen molar-refractivity contribution in [2.24, 2.45) is 0 Å². The average molecular weight is 216 g/mol. The molecule has 0 amide bonds. The Labute approximate surface area is 96.2 Å². The van der Waals surface area contributed by atoms with Crippen molar-refractivity contribution in [1.82, 2.24) is 0 Å². The molecule has 0 radical (unpaired) electrons. The molecule has 0 aliphatic heterocycles. The van der Waals surface area contributed by atoms with Gasteiger partial charge in [-0.3, -0.25) is 0 Å². The van der Waals surface area contributed by atoms with Gasteiger partial charge in [0.25, 0.3) is 0 Å². The summed E-state index contributed by atoms with van der Waals surface area (Å²) in [5.74, 6) is -0.303. The first-order valence-electron chi connectivity index (χ1n) is 5.31. The predicted octanol–water partition coefficient (Wildman–Crippen LogP) is 3.21. The molecule has 16 heavy (non-hydrogen) atoms. The van der Waals surface area contributed by atoms with Gasteiger partial charge in [-0.25, -0.2) is 4.79 Å². The Kier molecular flexibility index (Phi) is 5.06. The second-order valence-corrected chi connectivity index (χ2v) is 3.28. The number of esters is 1. The molecule has 0 spiro atoms. The van der Waals surface area contributed by atoms with E-state index < -0.39 is 0 Å². The molecule has 0 saturated carbocycles. The number of rotatable bonds is 5. The summed E-state index contributed by atoms with van der Waals surface area (Å²) in [6, 6.07) is 9.76. The topological polar surface area (TPSA) is 26.3 Å². The van der Waals surface area contributed by atoms with Gasteiger partial charge in [-0.2, -0.15) is 0 Å². The number of hydrogen-bond donors (Lipinski definition) is 0. The Morgan fingerprint density at radius 2 is 2.06 bits per heavy atom. The van der Waals surface area contributed by atoms with Crippen LogP contribution >= 0.6 is 0 Å². The van der Waals surface area contributed by atoms with Crippen LogP contribution in [0.2, 0.25) is 0 Å². The van der Waals surface area contributed by atoms with Crippen LogP contribution in [0.3, 0.4) is 0 Å². The van der Waals surface area contributed by atoms with Gasteiger partial charge in [0.1, 0.15) is 0 Å². The minimum absolute atomic E-state index is 0.303. The molecular weight excluding hydrogens is 200 g/mol. The van der Waals surface area contributed by atoms with Crippen LogP contribution in [0.25, 0.3) is 5.57 Å². The monoisotopic (exact) mass is 216 g/mol. The van der Waals surface area contributed by atoms with Crippen LogP contribution < -0.4 is 0 Å². The molecule has 0 unspecified atom stereocenters. The van der Waals surface area contributed by atoms with E-state index in [0.29, 0.717) is 13.0 Å². The third-order valence-electron chi connectivity index (χ3n) is 2.09. The summed E-state index contributed by atoms with van der Waals surface area (Å²) in [7, 11) is 0. The SMILES string of the molecule is C=CCC(=CC(=O)OCC)c1ccccc1. The number of carbonyl (C=O) groups is 1. The van der Waals surface area contributed by atoms with E-state index in [-0.39, 0.29) is 5.97 Å². The highest BCUT2D eigenvalue weighted by atomic mass is 16.5. The zero-order chi connectivity index (χ0) is 11.8. The molecule has 0 heterocycles. The molecule has 0 saturated heterocycles. The summed E-state index contributed by atoms with van der Waals surface area (Å²) in [5, 5.41) is 0. The van der Waals surface area contributed by atoms with Gasteiger partial charge in [-0.05, 0) is 24.5 Å². The molecule has 2 heteroatoms. The van der Waals surface area contributed by atoms with Crippen molar-refractivity contribution in [2.75, 3.05) is 6.61 Å². The number of carbonyl (C=O) groups excluding carboxylic acids is 1. The Bertz CT molecular complexity index is 377. The van der Waals surface area contributed by atoms with E-state index in [0.717, 1.165) is 11.1 Å². The summed E-state index contributed by atoms with van der Waals surface area (Å²) in [6.45, 7) is 5.87. The number of benzene rings is 1. The van der Waals surface area contributed by atoms with Gasteiger partial charge in [0.2, 0.25) is 0 Å². The number of ether oxygens (including phenoxy) is 1. The fourth-order valence-corrected chi connectivity index (χ4v) is 1.39. The smallest absolute Gasteiger partial charge is 0.331 e.